The predicted octanol–water partition coefficient (Wildman–Crippen LogP) is 6.37. The maximum atomic E-state index is 12.4. The van der Waals surface area contributed by atoms with Crippen molar-refractivity contribution in [1.29, 1.82) is 0 Å². The van der Waals surface area contributed by atoms with Gasteiger partial charge in [0.25, 0.3) is 0 Å². The highest BCUT2D eigenvalue weighted by molar-refractivity contribution is 5.98. The molecule has 1 fully saturated rings. The Morgan fingerprint density at radius 3 is 2.06 bits per heavy atom. The van der Waals surface area contributed by atoms with Crippen molar-refractivity contribution >= 4 is 11.8 Å². The number of rotatable bonds is 7. The number of carbonyl (C=O) groups excluding carboxylic acids is 2. The maximum absolute atomic E-state index is 12.4. The maximum Gasteiger partial charge on any atom is 0.310 e. The molecule has 3 heteroatoms. The van der Waals surface area contributed by atoms with Crippen LogP contribution in [0.4, 0.5) is 0 Å². The Kier molecular flexibility index (Phi) is 6.93. The number of hydrogen-bond acceptors (Lipinski definition) is 3. The van der Waals surface area contributed by atoms with Gasteiger partial charge in [0.15, 0.2) is 12.4 Å². The number of hydrogen-bond donors (Lipinski definition) is 0. The Hall–Kier alpha value is -3.20. The average Bonchev–Trinajstić information content (AvgIpc) is 2.84. The lowest BCUT2D eigenvalue weighted by atomic mass is 9.84. The summed E-state index contributed by atoms with van der Waals surface area (Å²) < 4.78 is 5.24. The van der Waals surface area contributed by atoms with Crippen LogP contribution in [0, 0.1) is 0 Å². The Bertz CT molecular complexity index is 998. The normalized spacial score (nSPS) is 14.2. The molecule has 3 aromatic carbocycles. The summed E-state index contributed by atoms with van der Waals surface area (Å²) in [5.41, 5.74) is 5.02. The molecule has 158 valence electrons. The molecule has 4 rings (SSSR count). The Balaban J connectivity index is 1.27. The number of Topliss-reactive ketones (excluding diaryl/α,β-unsaturated/α-hetero) is 1. The van der Waals surface area contributed by atoms with E-state index >= 15 is 0 Å². The number of carbonyl (C=O) groups is 2. The first-order valence-corrected chi connectivity index (χ1v) is 11.1. The first-order valence-electron chi connectivity index (χ1n) is 11.1. The van der Waals surface area contributed by atoms with Crippen molar-refractivity contribution < 1.29 is 14.3 Å². The topological polar surface area (TPSA) is 43.4 Å². The summed E-state index contributed by atoms with van der Waals surface area (Å²) >= 11 is 0. The van der Waals surface area contributed by atoms with Crippen LogP contribution in [0.1, 0.15) is 59.5 Å². The molecule has 0 unspecified atom stereocenters. The van der Waals surface area contributed by atoms with Gasteiger partial charge in [0.1, 0.15) is 0 Å². The zero-order valence-corrected chi connectivity index (χ0v) is 17.8. The molecule has 0 saturated heterocycles. The van der Waals surface area contributed by atoms with Gasteiger partial charge in [0.05, 0.1) is 6.42 Å². The Labute approximate surface area is 184 Å². The molecule has 0 bridgehead atoms. The highest BCUT2D eigenvalue weighted by Gasteiger charge is 2.16. The molecular weight excluding hydrogens is 384 g/mol. The second kappa shape index (κ2) is 10.2. The Morgan fingerprint density at radius 1 is 0.742 bits per heavy atom. The number of benzene rings is 3. The molecular formula is C28H28O3. The molecule has 0 heterocycles. The summed E-state index contributed by atoms with van der Waals surface area (Å²) in [5, 5.41) is 0. The molecule has 0 N–H and O–H groups in total. The summed E-state index contributed by atoms with van der Waals surface area (Å²) in [4.78, 5) is 24.6. The number of esters is 1. The summed E-state index contributed by atoms with van der Waals surface area (Å²) in [6.07, 6.45) is 6.53. The fraction of sp³-hybridized carbons (Fsp3) is 0.286. The van der Waals surface area contributed by atoms with E-state index in [1.54, 1.807) is 0 Å². The van der Waals surface area contributed by atoms with Crippen molar-refractivity contribution in [3.63, 3.8) is 0 Å². The molecule has 1 aliphatic rings. The summed E-state index contributed by atoms with van der Waals surface area (Å²) in [5.74, 6) is 0.0617. The van der Waals surface area contributed by atoms with Crippen LogP contribution in [0.25, 0.3) is 11.1 Å². The van der Waals surface area contributed by atoms with Crippen LogP contribution in [0.5, 0.6) is 0 Å². The van der Waals surface area contributed by atoms with Gasteiger partial charge in [-0.25, -0.2) is 0 Å². The van der Waals surface area contributed by atoms with Crippen molar-refractivity contribution in [3.05, 3.63) is 95.6 Å². The quantitative estimate of drug-likeness (QED) is 0.334. The van der Waals surface area contributed by atoms with Crippen LogP contribution in [0.3, 0.4) is 0 Å². The van der Waals surface area contributed by atoms with Crippen molar-refractivity contribution in [2.24, 2.45) is 0 Å². The van der Waals surface area contributed by atoms with Crippen molar-refractivity contribution in [1.82, 2.24) is 0 Å². The van der Waals surface area contributed by atoms with Crippen LogP contribution in [-0.4, -0.2) is 18.4 Å². The minimum absolute atomic E-state index is 0.156. The average molecular weight is 413 g/mol. The SMILES string of the molecule is O=C(Cc1ccc(-c2ccccc2)cc1)OCC(=O)c1ccc(C2CCCCC2)cc1. The predicted molar refractivity (Wildman–Crippen MR) is 123 cm³/mol. The first kappa shape index (κ1) is 21.0. The minimum atomic E-state index is -0.389. The third-order valence-corrected chi connectivity index (χ3v) is 6.08. The minimum Gasteiger partial charge on any atom is -0.457 e. The summed E-state index contributed by atoms with van der Waals surface area (Å²) in [6.45, 7) is -0.219. The molecule has 3 nitrogen and oxygen atoms in total. The van der Waals surface area contributed by atoms with Gasteiger partial charge >= 0.3 is 5.97 Å². The van der Waals surface area contributed by atoms with E-state index in [1.807, 2.05) is 54.6 Å². The number of ketones is 1. The van der Waals surface area contributed by atoms with Gasteiger partial charge in [0.2, 0.25) is 0 Å². The third kappa shape index (κ3) is 5.69. The van der Waals surface area contributed by atoms with E-state index in [0.717, 1.165) is 16.7 Å². The second-order valence-electron chi connectivity index (χ2n) is 8.28. The molecule has 0 aromatic heterocycles. The monoisotopic (exact) mass is 412 g/mol. The van der Waals surface area contributed by atoms with Gasteiger partial charge in [-0.3, -0.25) is 9.59 Å². The van der Waals surface area contributed by atoms with Crippen LogP contribution in [-0.2, 0) is 16.0 Å². The smallest absolute Gasteiger partial charge is 0.310 e. The second-order valence-corrected chi connectivity index (χ2v) is 8.28. The fourth-order valence-corrected chi connectivity index (χ4v) is 4.27. The molecule has 3 aromatic rings. The van der Waals surface area contributed by atoms with Crippen LogP contribution >= 0.6 is 0 Å². The zero-order valence-electron chi connectivity index (χ0n) is 17.8. The zero-order chi connectivity index (χ0) is 21.5. The molecule has 1 saturated carbocycles. The van der Waals surface area contributed by atoms with Crippen molar-refractivity contribution in [2.75, 3.05) is 6.61 Å². The van der Waals surface area contributed by atoms with E-state index in [4.69, 9.17) is 4.74 Å². The largest absolute Gasteiger partial charge is 0.457 e. The molecule has 0 aliphatic heterocycles. The molecule has 0 radical (unpaired) electrons. The van der Waals surface area contributed by atoms with E-state index in [-0.39, 0.29) is 24.8 Å². The highest BCUT2D eigenvalue weighted by Crippen LogP contribution is 2.32. The molecule has 1 aliphatic carbocycles. The van der Waals surface area contributed by atoms with Gasteiger partial charge in [0, 0.05) is 5.56 Å². The van der Waals surface area contributed by atoms with Gasteiger partial charge < -0.3 is 4.74 Å². The first-order chi connectivity index (χ1) is 15.2. The number of ether oxygens (including phenoxy) is 1. The fourth-order valence-electron chi connectivity index (χ4n) is 4.27. The molecule has 0 atom stereocenters. The van der Waals surface area contributed by atoms with E-state index in [0.29, 0.717) is 11.5 Å². The lowest BCUT2D eigenvalue weighted by molar-refractivity contribution is -0.141. The lowest BCUT2D eigenvalue weighted by Gasteiger charge is -2.22. The van der Waals surface area contributed by atoms with Gasteiger partial charge in [-0.15, -0.1) is 0 Å². The highest BCUT2D eigenvalue weighted by atomic mass is 16.5. The van der Waals surface area contributed by atoms with E-state index < -0.39 is 0 Å². The standard InChI is InChI=1S/C28H28O3/c29-27(26-17-15-25(16-18-26)23-9-5-2-6-10-23)20-31-28(30)19-21-11-13-24(14-12-21)22-7-3-1-4-8-22/h1,3-4,7-8,11-18,23H,2,5-6,9-10,19-20H2. The van der Waals surface area contributed by atoms with Gasteiger partial charge in [-0.1, -0.05) is 98.1 Å². The third-order valence-electron chi connectivity index (χ3n) is 6.08. The van der Waals surface area contributed by atoms with E-state index in [9.17, 15) is 9.59 Å². The van der Waals surface area contributed by atoms with Crippen LogP contribution in [0.15, 0.2) is 78.9 Å². The Morgan fingerprint density at radius 2 is 1.39 bits per heavy atom. The molecule has 0 amide bonds. The summed E-state index contributed by atoms with van der Waals surface area (Å²) in [7, 11) is 0. The van der Waals surface area contributed by atoms with E-state index in [2.05, 4.69) is 24.3 Å². The van der Waals surface area contributed by atoms with Crippen LogP contribution in [0.2, 0.25) is 0 Å². The lowest BCUT2D eigenvalue weighted by Crippen LogP contribution is -2.15. The van der Waals surface area contributed by atoms with E-state index in [1.165, 1.54) is 37.7 Å². The van der Waals surface area contributed by atoms with Crippen molar-refractivity contribution in [3.8, 4) is 11.1 Å². The summed E-state index contributed by atoms with van der Waals surface area (Å²) in [6, 6.07) is 25.8. The van der Waals surface area contributed by atoms with Gasteiger partial charge in [-0.2, -0.15) is 0 Å². The molecule has 0 spiro atoms. The van der Waals surface area contributed by atoms with Crippen molar-refractivity contribution in [2.45, 2.75) is 44.4 Å². The molecule has 31 heavy (non-hydrogen) atoms. The van der Waals surface area contributed by atoms with Crippen LogP contribution < -0.4 is 0 Å². The van der Waals surface area contributed by atoms with Gasteiger partial charge in [-0.05, 0) is 41.0 Å².